The van der Waals surface area contributed by atoms with Crippen LogP contribution in [0.15, 0.2) is 45.9 Å². The third-order valence-corrected chi connectivity index (χ3v) is 6.19. The predicted octanol–water partition coefficient (Wildman–Crippen LogP) is 7.13. The number of carbonyl (C=O) groups is 1. The van der Waals surface area contributed by atoms with E-state index >= 15 is 0 Å². The Kier molecular flexibility index (Phi) is 9.34. The van der Waals surface area contributed by atoms with Crippen LogP contribution in [-0.2, 0) is 9.53 Å². The molecule has 1 unspecified atom stereocenters. The van der Waals surface area contributed by atoms with Gasteiger partial charge < -0.3 is 4.74 Å². The summed E-state index contributed by atoms with van der Waals surface area (Å²) in [4.78, 5) is 16.8. The van der Waals surface area contributed by atoms with Crippen molar-refractivity contribution >= 4 is 40.7 Å². The fourth-order valence-electron chi connectivity index (χ4n) is 2.23. The molecular weight excluding hydrogens is 431 g/mol. The first-order valence-electron chi connectivity index (χ1n) is 8.65. The van der Waals surface area contributed by atoms with Crippen LogP contribution >= 0.6 is 34.7 Å². The number of rotatable bonds is 10. The van der Waals surface area contributed by atoms with Gasteiger partial charge in [0, 0.05) is 22.4 Å². The Morgan fingerprint density at radius 1 is 1.29 bits per heavy atom. The first kappa shape index (κ1) is 22.8. The van der Waals surface area contributed by atoms with Crippen LogP contribution in [0.3, 0.4) is 0 Å². The summed E-state index contributed by atoms with van der Waals surface area (Å²) in [7, 11) is 0. The zero-order chi connectivity index (χ0) is 20.5. The quantitative estimate of drug-likeness (QED) is 0.286. The second-order valence-corrected chi connectivity index (χ2v) is 8.58. The van der Waals surface area contributed by atoms with Gasteiger partial charge in [-0.05, 0) is 18.6 Å². The second-order valence-electron chi connectivity index (χ2n) is 5.84. The molecule has 0 N–H and O–H groups in total. The van der Waals surface area contributed by atoms with E-state index in [0.717, 1.165) is 24.1 Å². The molecule has 152 valence electrons. The van der Waals surface area contributed by atoms with E-state index in [0.29, 0.717) is 15.8 Å². The van der Waals surface area contributed by atoms with Crippen LogP contribution in [0, 0.1) is 0 Å². The molecule has 0 saturated heterocycles. The first-order chi connectivity index (χ1) is 13.4. The number of thioether (sulfide) groups is 1. The standard InChI is InChI=1S/C19H19ClF3NO2S2/c1-2-3-4-16(18(25)26-10-9-14(21)17(22)23)28-19-24-15(11-27-19)12-5-7-13(20)8-6-12/h5-8,11,16H,2-4,9-10H2,1H3. The molecule has 0 radical (unpaired) electrons. The number of thiazole rings is 1. The third kappa shape index (κ3) is 7.14. The summed E-state index contributed by atoms with van der Waals surface area (Å²) in [5, 5.41) is 2.00. The van der Waals surface area contributed by atoms with E-state index in [1.807, 2.05) is 24.4 Å². The summed E-state index contributed by atoms with van der Waals surface area (Å²) in [5.74, 6) is -2.10. The molecule has 0 amide bonds. The fraction of sp³-hybridized carbons (Fsp3) is 0.368. The lowest BCUT2D eigenvalue weighted by atomic mass is 10.2. The van der Waals surface area contributed by atoms with Crippen molar-refractivity contribution in [1.82, 2.24) is 4.98 Å². The molecule has 0 bridgehead atoms. The van der Waals surface area contributed by atoms with E-state index in [9.17, 15) is 18.0 Å². The van der Waals surface area contributed by atoms with Gasteiger partial charge in [0.1, 0.15) is 5.25 Å². The molecule has 1 aromatic carbocycles. The second kappa shape index (κ2) is 11.5. The summed E-state index contributed by atoms with van der Waals surface area (Å²) in [6.45, 7) is 1.58. The SMILES string of the molecule is CCCCC(Sc1nc(-c2ccc(Cl)cc2)cs1)C(=O)OCCC(F)=C(F)F. The topological polar surface area (TPSA) is 39.2 Å². The molecule has 1 aromatic heterocycles. The van der Waals surface area contributed by atoms with Crippen molar-refractivity contribution in [3.63, 3.8) is 0 Å². The van der Waals surface area contributed by atoms with Gasteiger partial charge in [0.25, 0.3) is 0 Å². The molecule has 0 spiro atoms. The number of hydrogen-bond acceptors (Lipinski definition) is 5. The van der Waals surface area contributed by atoms with E-state index in [4.69, 9.17) is 16.3 Å². The van der Waals surface area contributed by atoms with Crippen molar-refractivity contribution in [2.45, 2.75) is 42.2 Å². The number of nitrogens with zero attached hydrogens (tertiary/aromatic N) is 1. The third-order valence-electron chi connectivity index (χ3n) is 3.72. The number of halogens is 4. The molecular formula is C19H19ClF3NO2S2. The highest BCUT2D eigenvalue weighted by atomic mass is 35.5. The number of aromatic nitrogens is 1. The maximum Gasteiger partial charge on any atom is 0.319 e. The maximum absolute atomic E-state index is 12.8. The summed E-state index contributed by atoms with van der Waals surface area (Å²) in [6, 6.07) is 7.28. The smallest absolute Gasteiger partial charge is 0.319 e. The molecule has 1 heterocycles. The van der Waals surface area contributed by atoms with Gasteiger partial charge in [-0.15, -0.1) is 11.3 Å². The number of esters is 1. The van der Waals surface area contributed by atoms with E-state index in [1.54, 1.807) is 12.1 Å². The van der Waals surface area contributed by atoms with Gasteiger partial charge in [0.15, 0.2) is 10.2 Å². The molecule has 0 fully saturated rings. The van der Waals surface area contributed by atoms with Crippen LogP contribution in [0.4, 0.5) is 13.2 Å². The Bertz CT molecular complexity index is 808. The van der Waals surface area contributed by atoms with Crippen molar-refractivity contribution < 1.29 is 22.7 Å². The van der Waals surface area contributed by atoms with Crippen molar-refractivity contribution in [2.75, 3.05) is 6.61 Å². The Morgan fingerprint density at radius 2 is 2.00 bits per heavy atom. The Hall–Kier alpha value is -1.51. The molecule has 2 aromatic rings. The van der Waals surface area contributed by atoms with Crippen molar-refractivity contribution in [1.29, 1.82) is 0 Å². The summed E-state index contributed by atoms with van der Waals surface area (Å²) >= 11 is 8.57. The monoisotopic (exact) mass is 449 g/mol. The summed E-state index contributed by atoms with van der Waals surface area (Å²) < 4.78 is 42.7. The molecule has 0 saturated carbocycles. The predicted molar refractivity (Wildman–Crippen MR) is 108 cm³/mol. The molecule has 9 heteroatoms. The number of hydrogen-bond donors (Lipinski definition) is 0. The van der Waals surface area contributed by atoms with Gasteiger partial charge in [-0.25, -0.2) is 9.37 Å². The van der Waals surface area contributed by atoms with Crippen LogP contribution < -0.4 is 0 Å². The lowest BCUT2D eigenvalue weighted by molar-refractivity contribution is -0.143. The Morgan fingerprint density at radius 3 is 2.64 bits per heavy atom. The molecule has 28 heavy (non-hydrogen) atoms. The van der Waals surface area contributed by atoms with Crippen LogP contribution in [0.1, 0.15) is 32.6 Å². The molecule has 0 aliphatic heterocycles. The molecule has 0 aliphatic carbocycles. The largest absolute Gasteiger partial charge is 0.464 e. The average Bonchev–Trinajstić information content (AvgIpc) is 3.13. The minimum atomic E-state index is -2.38. The van der Waals surface area contributed by atoms with E-state index in [-0.39, 0.29) is 0 Å². The normalized spacial score (nSPS) is 11.9. The molecule has 1 atom stereocenters. The Labute approximate surface area is 175 Å². The lowest BCUT2D eigenvalue weighted by Gasteiger charge is -2.14. The van der Waals surface area contributed by atoms with Crippen LogP contribution in [0.5, 0.6) is 0 Å². The first-order valence-corrected chi connectivity index (χ1v) is 10.8. The van der Waals surface area contributed by atoms with Gasteiger partial charge >= 0.3 is 12.0 Å². The number of unbranched alkanes of at least 4 members (excludes halogenated alkanes) is 1. The highest BCUT2D eigenvalue weighted by Crippen LogP contribution is 2.33. The molecule has 2 rings (SSSR count). The van der Waals surface area contributed by atoms with Crippen molar-refractivity contribution in [3.05, 3.63) is 46.6 Å². The Balaban J connectivity index is 2.00. The minimum Gasteiger partial charge on any atom is -0.464 e. The zero-order valence-electron chi connectivity index (χ0n) is 15.1. The molecule has 3 nitrogen and oxygen atoms in total. The number of carbonyl (C=O) groups excluding carboxylic acids is 1. The molecule has 0 aliphatic rings. The summed E-state index contributed by atoms with van der Waals surface area (Å²) in [5.41, 5.74) is 1.69. The van der Waals surface area contributed by atoms with Gasteiger partial charge in [-0.1, -0.05) is 55.3 Å². The lowest BCUT2D eigenvalue weighted by Crippen LogP contribution is -2.21. The summed E-state index contributed by atoms with van der Waals surface area (Å²) in [6.07, 6.45) is -0.758. The van der Waals surface area contributed by atoms with Crippen molar-refractivity contribution in [3.8, 4) is 11.3 Å². The van der Waals surface area contributed by atoms with Crippen molar-refractivity contribution in [2.24, 2.45) is 0 Å². The van der Waals surface area contributed by atoms with Gasteiger partial charge in [0.05, 0.1) is 12.3 Å². The highest BCUT2D eigenvalue weighted by molar-refractivity contribution is 8.02. The van der Waals surface area contributed by atoms with E-state index in [2.05, 4.69) is 4.98 Å². The average molecular weight is 450 g/mol. The minimum absolute atomic E-state index is 0.418. The maximum atomic E-state index is 12.8. The van der Waals surface area contributed by atoms with Crippen LogP contribution in [0.25, 0.3) is 11.3 Å². The van der Waals surface area contributed by atoms with Gasteiger partial charge in [-0.3, -0.25) is 4.79 Å². The van der Waals surface area contributed by atoms with E-state index < -0.39 is 36.2 Å². The van der Waals surface area contributed by atoms with E-state index in [1.165, 1.54) is 23.1 Å². The van der Waals surface area contributed by atoms with Crippen LogP contribution in [0.2, 0.25) is 5.02 Å². The number of ether oxygens (including phenoxy) is 1. The fourth-order valence-corrected chi connectivity index (χ4v) is 4.47. The number of benzene rings is 1. The van der Waals surface area contributed by atoms with Crippen LogP contribution in [-0.4, -0.2) is 22.8 Å². The zero-order valence-corrected chi connectivity index (χ0v) is 17.5. The highest BCUT2D eigenvalue weighted by Gasteiger charge is 2.23. The van der Waals surface area contributed by atoms with Gasteiger partial charge in [0.2, 0.25) is 0 Å². The van der Waals surface area contributed by atoms with Gasteiger partial charge in [-0.2, -0.15) is 8.78 Å².